The minimum absolute atomic E-state index is 0.441. The maximum atomic E-state index is 6.03. The van der Waals surface area contributed by atoms with Crippen LogP contribution in [0, 0.1) is 11.3 Å². The van der Waals surface area contributed by atoms with Gasteiger partial charge in [-0.15, -0.1) is 0 Å². The molecule has 2 atom stereocenters. The van der Waals surface area contributed by atoms with Crippen molar-refractivity contribution < 1.29 is 4.74 Å². The van der Waals surface area contributed by atoms with Gasteiger partial charge in [-0.2, -0.15) is 0 Å². The van der Waals surface area contributed by atoms with Crippen molar-refractivity contribution in [2.45, 2.75) is 97.1 Å². The van der Waals surface area contributed by atoms with Crippen molar-refractivity contribution >= 4 is 0 Å². The van der Waals surface area contributed by atoms with Crippen molar-refractivity contribution in [2.75, 3.05) is 13.2 Å². The van der Waals surface area contributed by atoms with Crippen LogP contribution in [0.5, 0.6) is 0 Å². The normalized spacial score (nSPS) is 28.7. The molecule has 0 radical (unpaired) electrons. The molecule has 2 fully saturated rings. The maximum absolute atomic E-state index is 6.03. The van der Waals surface area contributed by atoms with Crippen molar-refractivity contribution in [3.05, 3.63) is 0 Å². The first kappa shape index (κ1) is 17.3. The average molecular weight is 296 g/mol. The summed E-state index contributed by atoms with van der Waals surface area (Å²) in [7, 11) is 0. The van der Waals surface area contributed by atoms with E-state index in [1.54, 1.807) is 0 Å². The molecule has 0 aromatic rings. The van der Waals surface area contributed by atoms with Crippen molar-refractivity contribution in [1.29, 1.82) is 0 Å². The fraction of sp³-hybridized carbons (Fsp3) is 1.00. The van der Waals surface area contributed by atoms with Crippen LogP contribution < -0.4 is 5.32 Å². The van der Waals surface area contributed by atoms with E-state index in [9.17, 15) is 0 Å². The molecule has 1 N–H and O–H groups in total. The quantitative estimate of drug-likeness (QED) is 0.702. The van der Waals surface area contributed by atoms with E-state index in [1.165, 1.54) is 64.2 Å². The lowest BCUT2D eigenvalue weighted by Gasteiger charge is -2.41. The monoisotopic (exact) mass is 295 g/mol. The predicted octanol–water partition coefficient (Wildman–Crippen LogP) is 4.92. The first-order valence-corrected chi connectivity index (χ1v) is 9.42. The van der Waals surface area contributed by atoms with Crippen molar-refractivity contribution in [2.24, 2.45) is 11.3 Å². The molecule has 0 heterocycles. The van der Waals surface area contributed by atoms with Gasteiger partial charge in [-0.3, -0.25) is 0 Å². The van der Waals surface area contributed by atoms with E-state index in [0.717, 1.165) is 25.1 Å². The average Bonchev–Trinajstić information content (AvgIpc) is 2.47. The van der Waals surface area contributed by atoms with Crippen LogP contribution in [0.2, 0.25) is 0 Å². The summed E-state index contributed by atoms with van der Waals surface area (Å²) in [6.45, 7) is 9.30. The number of hydrogen-bond donors (Lipinski definition) is 1. The second-order valence-corrected chi connectivity index (χ2v) is 8.30. The summed E-state index contributed by atoms with van der Waals surface area (Å²) in [5, 5.41) is 3.84. The van der Waals surface area contributed by atoms with Gasteiger partial charge in [0.1, 0.15) is 0 Å². The Kier molecular flexibility index (Phi) is 7.01. The largest absolute Gasteiger partial charge is 0.378 e. The molecule has 0 aliphatic heterocycles. The Morgan fingerprint density at radius 3 is 2.29 bits per heavy atom. The van der Waals surface area contributed by atoms with Gasteiger partial charge >= 0.3 is 0 Å². The Hall–Kier alpha value is -0.0800. The highest BCUT2D eigenvalue weighted by Crippen LogP contribution is 2.37. The smallest absolute Gasteiger partial charge is 0.0575 e. The molecule has 124 valence electrons. The van der Waals surface area contributed by atoms with Gasteiger partial charge in [0.05, 0.1) is 6.10 Å². The molecule has 0 spiro atoms. The Morgan fingerprint density at radius 2 is 1.57 bits per heavy atom. The minimum atomic E-state index is 0.441. The Bertz CT molecular complexity index is 278. The fourth-order valence-corrected chi connectivity index (χ4v) is 4.25. The molecule has 2 aliphatic rings. The van der Waals surface area contributed by atoms with Gasteiger partial charge < -0.3 is 10.1 Å². The van der Waals surface area contributed by atoms with Crippen molar-refractivity contribution in [3.63, 3.8) is 0 Å². The van der Waals surface area contributed by atoms with Crippen LogP contribution in [0.4, 0.5) is 0 Å². The number of nitrogens with one attached hydrogen (secondary N) is 1. The lowest BCUT2D eigenvalue weighted by molar-refractivity contribution is 0.0262. The highest BCUT2D eigenvalue weighted by molar-refractivity contribution is 4.88. The Balaban J connectivity index is 1.60. The van der Waals surface area contributed by atoms with E-state index in [0.29, 0.717) is 11.5 Å². The van der Waals surface area contributed by atoms with Gasteiger partial charge in [0, 0.05) is 12.6 Å². The highest BCUT2D eigenvalue weighted by Gasteiger charge is 2.33. The highest BCUT2D eigenvalue weighted by atomic mass is 16.5. The van der Waals surface area contributed by atoms with E-state index in [-0.39, 0.29) is 0 Å². The van der Waals surface area contributed by atoms with Crippen LogP contribution in [0.1, 0.15) is 85.0 Å². The molecule has 2 saturated carbocycles. The molecule has 0 amide bonds. The van der Waals surface area contributed by atoms with Crippen LogP contribution in [0.15, 0.2) is 0 Å². The number of rotatable bonds is 6. The fourth-order valence-electron chi connectivity index (χ4n) is 4.25. The second-order valence-electron chi connectivity index (χ2n) is 8.30. The summed E-state index contributed by atoms with van der Waals surface area (Å²) in [6.07, 6.45) is 14.1. The van der Waals surface area contributed by atoms with Gasteiger partial charge in [-0.25, -0.2) is 0 Å². The standard InChI is InChI=1S/C19H37NO/c1-19(2,3)17-12-7-8-13-18(17)20-14-9-15-21-16-10-5-4-6-11-16/h16-18,20H,4-15H2,1-3H3. The van der Waals surface area contributed by atoms with E-state index >= 15 is 0 Å². The third-order valence-electron chi connectivity index (χ3n) is 5.51. The molecule has 2 aliphatic carbocycles. The topological polar surface area (TPSA) is 21.3 Å². The molecule has 21 heavy (non-hydrogen) atoms. The van der Waals surface area contributed by atoms with Crippen LogP contribution in [-0.2, 0) is 4.74 Å². The second kappa shape index (κ2) is 8.53. The summed E-state index contributed by atoms with van der Waals surface area (Å²) >= 11 is 0. The molecule has 2 unspecified atom stereocenters. The van der Waals surface area contributed by atoms with Gasteiger partial charge in [0.15, 0.2) is 0 Å². The minimum Gasteiger partial charge on any atom is -0.378 e. The summed E-state index contributed by atoms with van der Waals surface area (Å²) in [4.78, 5) is 0. The third kappa shape index (κ3) is 5.90. The van der Waals surface area contributed by atoms with Crippen LogP contribution in [-0.4, -0.2) is 25.3 Å². The Labute approximate surface area is 132 Å². The molecular formula is C19H37NO. The molecule has 0 aromatic carbocycles. The zero-order chi connectivity index (χ0) is 15.1. The summed E-state index contributed by atoms with van der Waals surface area (Å²) in [6, 6.07) is 0.730. The lowest BCUT2D eigenvalue weighted by Crippen LogP contribution is -2.44. The molecule has 2 rings (SSSR count). The third-order valence-corrected chi connectivity index (χ3v) is 5.51. The van der Waals surface area contributed by atoms with Gasteiger partial charge in [-0.05, 0) is 50.0 Å². The maximum Gasteiger partial charge on any atom is 0.0575 e. The SMILES string of the molecule is CC(C)(C)C1CCCCC1NCCCOC1CCCCC1. The Morgan fingerprint density at radius 1 is 0.905 bits per heavy atom. The van der Waals surface area contributed by atoms with Gasteiger partial charge in [0.2, 0.25) is 0 Å². The van der Waals surface area contributed by atoms with Crippen molar-refractivity contribution in [1.82, 2.24) is 5.32 Å². The molecule has 0 bridgehead atoms. The number of ether oxygens (including phenoxy) is 1. The molecule has 2 heteroatoms. The lowest BCUT2D eigenvalue weighted by atomic mass is 9.69. The van der Waals surface area contributed by atoms with Crippen LogP contribution >= 0.6 is 0 Å². The molecular weight excluding hydrogens is 258 g/mol. The van der Waals surface area contributed by atoms with E-state index in [1.807, 2.05) is 0 Å². The van der Waals surface area contributed by atoms with Crippen molar-refractivity contribution in [3.8, 4) is 0 Å². The molecule has 0 aromatic heterocycles. The molecule has 0 saturated heterocycles. The van der Waals surface area contributed by atoms with E-state index in [2.05, 4.69) is 26.1 Å². The van der Waals surface area contributed by atoms with Gasteiger partial charge in [-0.1, -0.05) is 52.9 Å². The van der Waals surface area contributed by atoms with Crippen LogP contribution in [0.25, 0.3) is 0 Å². The number of hydrogen-bond acceptors (Lipinski definition) is 2. The van der Waals surface area contributed by atoms with Gasteiger partial charge in [0.25, 0.3) is 0 Å². The van der Waals surface area contributed by atoms with E-state index in [4.69, 9.17) is 4.74 Å². The first-order valence-electron chi connectivity index (χ1n) is 9.42. The predicted molar refractivity (Wildman–Crippen MR) is 90.6 cm³/mol. The van der Waals surface area contributed by atoms with Crippen LogP contribution in [0.3, 0.4) is 0 Å². The first-order chi connectivity index (χ1) is 10.1. The summed E-state index contributed by atoms with van der Waals surface area (Å²) in [5.74, 6) is 0.838. The summed E-state index contributed by atoms with van der Waals surface area (Å²) in [5.41, 5.74) is 0.441. The van der Waals surface area contributed by atoms with E-state index < -0.39 is 0 Å². The zero-order valence-corrected chi connectivity index (χ0v) is 14.6. The zero-order valence-electron chi connectivity index (χ0n) is 14.6. The summed E-state index contributed by atoms with van der Waals surface area (Å²) < 4.78 is 6.03. The molecule has 2 nitrogen and oxygen atoms in total.